The predicted molar refractivity (Wildman–Crippen MR) is 123 cm³/mol. The number of aromatic nitrogens is 3. The van der Waals surface area contributed by atoms with E-state index in [2.05, 4.69) is 31.4 Å². The normalized spacial score (nSPS) is 10.4. The van der Waals surface area contributed by atoms with Gasteiger partial charge >= 0.3 is 6.09 Å². The monoisotopic (exact) mass is 459 g/mol. The summed E-state index contributed by atoms with van der Waals surface area (Å²) in [5, 5.41) is 11.2. The Labute approximate surface area is 192 Å². The number of anilines is 1. The van der Waals surface area contributed by atoms with Crippen LogP contribution in [0.2, 0.25) is 0 Å². The zero-order valence-electron chi connectivity index (χ0n) is 17.1. The van der Waals surface area contributed by atoms with Gasteiger partial charge in [0.15, 0.2) is 12.3 Å². The van der Waals surface area contributed by atoms with Crippen molar-refractivity contribution in [3.63, 3.8) is 0 Å². The molecule has 3 heterocycles. The van der Waals surface area contributed by atoms with Crippen molar-refractivity contribution in [2.24, 2.45) is 0 Å². The van der Waals surface area contributed by atoms with Crippen molar-refractivity contribution in [3.05, 3.63) is 70.7 Å². The molecule has 4 rings (SSSR count). The van der Waals surface area contributed by atoms with Crippen molar-refractivity contribution >= 4 is 40.5 Å². The van der Waals surface area contributed by atoms with E-state index in [0.29, 0.717) is 27.5 Å². The number of nitrogens with zero attached hydrogens (tertiary/aromatic N) is 3. The Kier molecular flexibility index (Phi) is 6.43. The molecule has 0 atom stereocenters. The molecule has 0 aliphatic rings. The molecular weight excluding hydrogens is 442 g/mol. The van der Waals surface area contributed by atoms with E-state index in [1.807, 2.05) is 17.5 Å². The Morgan fingerprint density at radius 3 is 2.85 bits per heavy atom. The summed E-state index contributed by atoms with van der Waals surface area (Å²) in [6.07, 6.45) is 7.34. The number of carbonyl (C=O) groups excluding carboxylic acids is 3. The Morgan fingerprint density at radius 2 is 2.06 bits per heavy atom. The van der Waals surface area contributed by atoms with E-state index in [4.69, 9.17) is 6.42 Å². The van der Waals surface area contributed by atoms with E-state index in [1.54, 1.807) is 41.0 Å². The van der Waals surface area contributed by atoms with Crippen molar-refractivity contribution in [2.45, 2.75) is 0 Å². The second kappa shape index (κ2) is 9.76. The zero-order chi connectivity index (χ0) is 23.2. The van der Waals surface area contributed by atoms with Gasteiger partial charge in [-0.15, -0.1) is 17.8 Å². The number of nitrogens with one attached hydrogen (secondary N) is 2. The number of ether oxygens (including phenoxy) is 1. The van der Waals surface area contributed by atoms with Crippen molar-refractivity contribution in [1.82, 2.24) is 19.9 Å². The van der Waals surface area contributed by atoms with E-state index >= 15 is 0 Å². The maximum absolute atomic E-state index is 12.8. The molecule has 0 radical (unpaired) electrons. The van der Waals surface area contributed by atoms with Crippen LogP contribution in [0.5, 0.6) is 0 Å². The maximum atomic E-state index is 12.8. The van der Waals surface area contributed by atoms with Crippen LogP contribution in [-0.4, -0.2) is 45.5 Å². The average Bonchev–Trinajstić information content (AvgIpc) is 3.51. The van der Waals surface area contributed by atoms with Crippen LogP contribution in [0.15, 0.2) is 60.2 Å². The number of hydrogen-bond acceptors (Lipinski definition) is 7. The summed E-state index contributed by atoms with van der Waals surface area (Å²) < 4.78 is 6.23. The highest BCUT2D eigenvalue weighted by atomic mass is 32.1. The summed E-state index contributed by atoms with van der Waals surface area (Å²) >= 11 is 1.36. The van der Waals surface area contributed by atoms with Gasteiger partial charge in [0.25, 0.3) is 0 Å². The number of alkyl carbamates (subject to hydrolysis) is 1. The van der Waals surface area contributed by atoms with Crippen LogP contribution in [0.1, 0.15) is 15.2 Å². The third-order valence-corrected chi connectivity index (χ3v) is 5.38. The van der Waals surface area contributed by atoms with Gasteiger partial charge in [0.1, 0.15) is 6.54 Å². The van der Waals surface area contributed by atoms with Gasteiger partial charge in [-0.2, -0.15) is 5.10 Å². The third kappa shape index (κ3) is 4.89. The van der Waals surface area contributed by atoms with Crippen LogP contribution in [0.3, 0.4) is 0 Å². The number of ketones is 1. The summed E-state index contributed by atoms with van der Waals surface area (Å²) in [5.41, 5.74) is 2.81. The topological polar surface area (TPSA) is 115 Å². The first kappa shape index (κ1) is 21.7. The summed E-state index contributed by atoms with van der Waals surface area (Å²) in [5.74, 6) is 1.58. The van der Waals surface area contributed by atoms with E-state index in [0.717, 1.165) is 5.56 Å². The molecule has 0 aliphatic heterocycles. The molecule has 0 bridgehead atoms. The van der Waals surface area contributed by atoms with Gasteiger partial charge < -0.3 is 15.4 Å². The molecule has 33 heavy (non-hydrogen) atoms. The van der Waals surface area contributed by atoms with Gasteiger partial charge in [-0.3, -0.25) is 9.59 Å². The molecule has 0 aliphatic carbocycles. The van der Waals surface area contributed by atoms with Crippen LogP contribution < -0.4 is 10.6 Å². The lowest BCUT2D eigenvalue weighted by Crippen LogP contribution is -2.33. The molecule has 0 saturated carbocycles. The van der Waals surface area contributed by atoms with Gasteiger partial charge in [0.2, 0.25) is 11.7 Å². The fourth-order valence-corrected chi connectivity index (χ4v) is 3.76. The number of thiophene rings is 1. The Hall–Kier alpha value is -4.49. The molecule has 0 saturated heterocycles. The molecule has 164 valence electrons. The molecule has 0 spiro atoms. The number of rotatable bonds is 7. The van der Waals surface area contributed by atoms with E-state index < -0.39 is 12.0 Å². The number of terminal acetylenes is 1. The molecule has 2 N–H and O–H groups in total. The van der Waals surface area contributed by atoms with Crippen LogP contribution in [-0.2, 0) is 9.53 Å². The number of carbonyl (C=O) groups is 3. The number of fused-ring (bicyclic) bond motifs is 1. The van der Waals surface area contributed by atoms with Gasteiger partial charge in [-0.1, -0.05) is 24.1 Å². The lowest BCUT2D eigenvalue weighted by Gasteiger charge is -2.09. The predicted octanol–water partition coefficient (Wildman–Crippen LogP) is 2.99. The standard InChI is InChI=1S/C23H17N5O4S/c1-2-10-32-23(31)25-14-20(29)27-16-6-3-5-15(12-16)18-8-9-24-22-17(13-26-28(18)22)21(30)19-7-4-11-33-19/h1,3-9,11-13H,10,14H2,(H,25,31)(H,27,29). The lowest BCUT2D eigenvalue weighted by molar-refractivity contribution is -0.115. The quantitative estimate of drug-likeness (QED) is 0.324. The highest BCUT2D eigenvalue weighted by Gasteiger charge is 2.18. The molecule has 3 aromatic heterocycles. The first-order valence-electron chi connectivity index (χ1n) is 9.72. The fourth-order valence-electron chi connectivity index (χ4n) is 3.08. The van der Waals surface area contributed by atoms with Crippen molar-refractivity contribution in [2.75, 3.05) is 18.5 Å². The molecule has 1 aromatic carbocycles. The molecular formula is C23H17N5O4S. The molecule has 9 nitrogen and oxygen atoms in total. The van der Waals surface area contributed by atoms with Gasteiger partial charge in [0.05, 0.1) is 22.3 Å². The number of benzene rings is 1. The summed E-state index contributed by atoms with van der Waals surface area (Å²) in [6.45, 7) is -0.454. The van der Waals surface area contributed by atoms with Crippen LogP contribution in [0.4, 0.5) is 10.5 Å². The number of amides is 2. The van der Waals surface area contributed by atoms with Gasteiger partial charge in [-0.05, 0) is 29.6 Å². The Balaban J connectivity index is 1.53. The minimum Gasteiger partial charge on any atom is -0.436 e. The van der Waals surface area contributed by atoms with Crippen molar-refractivity contribution in [3.8, 4) is 23.6 Å². The summed E-state index contributed by atoms with van der Waals surface area (Å²) in [6, 6.07) is 12.4. The lowest BCUT2D eigenvalue weighted by atomic mass is 10.1. The smallest absolute Gasteiger partial charge is 0.408 e. The minimum absolute atomic E-state index is 0.140. The third-order valence-electron chi connectivity index (χ3n) is 4.51. The average molecular weight is 459 g/mol. The van der Waals surface area contributed by atoms with Crippen LogP contribution >= 0.6 is 11.3 Å². The van der Waals surface area contributed by atoms with Crippen molar-refractivity contribution < 1.29 is 19.1 Å². The molecule has 10 heteroatoms. The molecule has 0 fully saturated rings. The Morgan fingerprint density at radius 1 is 1.18 bits per heavy atom. The Bertz CT molecular complexity index is 1370. The highest BCUT2D eigenvalue weighted by molar-refractivity contribution is 7.12. The van der Waals surface area contributed by atoms with Gasteiger partial charge in [0, 0.05) is 17.4 Å². The van der Waals surface area contributed by atoms with Gasteiger partial charge in [-0.25, -0.2) is 14.3 Å². The second-order valence-electron chi connectivity index (χ2n) is 6.69. The molecule has 2 amide bonds. The largest absolute Gasteiger partial charge is 0.436 e. The maximum Gasteiger partial charge on any atom is 0.408 e. The molecule has 0 unspecified atom stereocenters. The minimum atomic E-state index is -0.775. The highest BCUT2D eigenvalue weighted by Crippen LogP contribution is 2.25. The zero-order valence-corrected chi connectivity index (χ0v) is 18.0. The van der Waals surface area contributed by atoms with Crippen LogP contribution in [0, 0.1) is 12.3 Å². The van der Waals surface area contributed by atoms with E-state index in [-0.39, 0.29) is 18.9 Å². The van der Waals surface area contributed by atoms with E-state index in [9.17, 15) is 14.4 Å². The number of hydrogen-bond donors (Lipinski definition) is 2. The summed E-state index contributed by atoms with van der Waals surface area (Å²) in [4.78, 5) is 41.3. The van der Waals surface area contributed by atoms with Crippen LogP contribution in [0.25, 0.3) is 16.9 Å². The SMILES string of the molecule is C#CCOC(=O)NCC(=O)Nc1cccc(-c2ccnc3c(C(=O)c4cccs4)cnn23)c1. The second-order valence-corrected chi connectivity index (χ2v) is 7.64. The first-order chi connectivity index (χ1) is 16.1. The van der Waals surface area contributed by atoms with Crippen molar-refractivity contribution in [1.29, 1.82) is 0 Å². The summed E-state index contributed by atoms with van der Waals surface area (Å²) in [7, 11) is 0. The molecule has 4 aromatic rings. The fraction of sp³-hybridized carbons (Fsp3) is 0.0870. The van der Waals surface area contributed by atoms with E-state index in [1.165, 1.54) is 17.5 Å². The first-order valence-corrected chi connectivity index (χ1v) is 10.6.